The molecule has 5 heteroatoms. The molecule has 1 atom stereocenters. The lowest BCUT2D eigenvalue weighted by Gasteiger charge is -2.38. The van der Waals surface area contributed by atoms with E-state index in [1.807, 2.05) is 64.1 Å². The van der Waals surface area contributed by atoms with Gasteiger partial charge in [0.1, 0.15) is 22.8 Å². The monoisotopic (exact) mass is 369 g/mol. The summed E-state index contributed by atoms with van der Waals surface area (Å²) in [5.41, 5.74) is 1.09. The molecule has 0 aromatic heterocycles. The van der Waals surface area contributed by atoms with Crippen LogP contribution in [0.4, 0.5) is 0 Å². The molecule has 0 fully saturated rings. The third-order valence-corrected chi connectivity index (χ3v) is 4.48. The Bertz CT molecular complexity index is 829. The highest BCUT2D eigenvalue weighted by Crippen LogP contribution is 2.41. The molecule has 144 valence electrons. The summed E-state index contributed by atoms with van der Waals surface area (Å²) in [5, 5.41) is 3.16. The van der Waals surface area contributed by atoms with Crippen molar-refractivity contribution in [3.63, 3.8) is 0 Å². The Balaban J connectivity index is 1.89. The van der Waals surface area contributed by atoms with Gasteiger partial charge in [-0.1, -0.05) is 12.1 Å². The summed E-state index contributed by atoms with van der Waals surface area (Å²) >= 11 is 0. The van der Waals surface area contributed by atoms with E-state index in [-0.39, 0.29) is 18.1 Å². The number of amides is 1. The van der Waals surface area contributed by atoms with E-state index >= 15 is 0 Å². The molecule has 0 aliphatic carbocycles. The minimum atomic E-state index is -0.398. The molecule has 0 radical (unpaired) electrons. The van der Waals surface area contributed by atoms with Gasteiger partial charge in [0.15, 0.2) is 0 Å². The Morgan fingerprint density at radius 1 is 1.22 bits per heavy atom. The number of hydrogen-bond acceptors (Lipinski definition) is 4. The highest BCUT2D eigenvalue weighted by atomic mass is 16.5. The molecular weight excluding hydrogens is 342 g/mol. The van der Waals surface area contributed by atoms with Crippen LogP contribution < -0.4 is 19.5 Å². The van der Waals surface area contributed by atoms with E-state index in [4.69, 9.17) is 14.2 Å². The third-order valence-electron chi connectivity index (χ3n) is 4.48. The van der Waals surface area contributed by atoms with Crippen LogP contribution in [0.3, 0.4) is 0 Å². The molecular formula is C22H27NO4. The number of methoxy groups -OCH3 is 1. The maximum absolute atomic E-state index is 13.0. The number of benzene rings is 2. The fourth-order valence-corrected chi connectivity index (χ4v) is 3.33. The Kier molecular flexibility index (Phi) is 5.31. The van der Waals surface area contributed by atoms with E-state index in [2.05, 4.69) is 5.32 Å². The fourth-order valence-electron chi connectivity index (χ4n) is 3.33. The van der Waals surface area contributed by atoms with Gasteiger partial charge in [-0.3, -0.25) is 4.79 Å². The first kappa shape index (κ1) is 19.1. The Morgan fingerprint density at radius 3 is 2.67 bits per heavy atom. The Morgan fingerprint density at radius 2 is 1.96 bits per heavy atom. The van der Waals surface area contributed by atoms with Gasteiger partial charge in [-0.2, -0.15) is 0 Å². The van der Waals surface area contributed by atoms with E-state index < -0.39 is 5.60 Å². The number of fused-ring (bicyclic) bond motifs is 1. The molecule has 5 nitrogen and oxygen atoms in total. The van der Waals surface area contributed by atoms with Crippen molar-refractivity contribution in [2.75, 3.05) is 7.11 Å². The predicted octanol–water partition coefficient (Wildman–Crippen LogP) is 4.51. The molecule has 0 unspecified atom stereocenters. The molecule has 0 saturated heterocycles. The van der Waals surface area contributed by atoms with Crippen LogP contribution in [0.1, 0.15) is 56.1 Å². The van der Waals surface area contributed by atoms with Gasteiger partial charge in [0.05, 0.1) is 24.8 Å². The van der Waals surface area contributed by atoms with Crippen molar-refractivity contribution in [1.82, 2.24) is 5.32 Å². The Labute approximate surface area is 160 Å². The first-order chi connectivity index (χ1) is 12.8. The third kappa shape index (κ3) is 4.35. The summed E-state index contributed by atoms with van der Waals surface area (Å²) in [7, 11) is 1.63. The number of hydrogen-bond donors (Lipinski definition) is 1. The number of rotatable bonds is 5. The summed E-state index contributed by atoms with van der Waals surface area (Å²) < 4.78 is 17.2. The maximum atomic E-state index is 13.0. The zero-order valence-corrected chi connectivity index (χ0v) is 16.5. The van der Waals surface area contributed by atoms with Crippen molar-refractivity contribution in [2.45, 2.75) is 51.9 Å². The number of nitrogens with one attached hydrogen (secondary N) is 1. The Hall–Kier alpha value is -2.69. The van der Waals surface area contributed by atoms with E-state index in [1.165, 1.54) is 0 Å². The van der Waals surface area contributed by atoms with Crippen LogP contribution in [0.5, 0.6) is 17.2 Å². The van der Waals surface area contributed by atoms with Gasteiger partial charge in [-0.05, 0) is 52.0 Å². The summed E-state index contributed by atoms with van der Waals surface area (Å²) in [6.45, 7) is 7.92. The predicted molar refractivity (Wildman–Crippen MR) is 105 cm³/mol. The topological polar surface area (TPSA) is 56.8 Å². The lowest BCUT2D eigenvalue weighted by atomic mass is 9.89. The fraction of sp³-hybridized carbons (Fsp3) is 0.409. The van der Waals surface area contributed by atoms with E-state index in [9.17, 15) is 4.79 Å². The van der Waals surface area contributed by atoms with Gasteiger partial charge in [0.25, 0.3) is 5.91 Å². The van der Waals surface area contributed by atoms with Crippen LogP contribution in [0.25, 0.3) is 0 Å². The van der Waals surface area contributed by atoms with E-state index in [1.54, 1.807) is 13.2 Å². The van der Waals surface area contributed by atoms with Crippen LogP contribution in [0, 0.1) is 0 Å². The summed E-state index contributed by atoms with van der Waals surface area (Å²) in [4.78, 5) is 13.0. The lowest BCUT2D eigenvalue weighted by molar-refractivity contribution is 0.0616. The largest absolute Gasteiger partial charge is 0.497 e. The smallest absolute Gasteiger partial charge is 0.255 e. The summed E-state index contributed by atoms with van der Waals surface area (Å²) in [6, 6.07) is 12.9. The number of ether oxygens (including phenoxy) is 3. The van der Waals surface area contributed by atoms with Crippen LogP contribution in [-0.2, 0) is 0 Å². The molecule has 3 rings (SSSR count). The molecule has 1 aliphatic rings. The van der Waals surface area contributed by atoms with Gasteiger partial charge >= 0.3 is 0 Å². The SMILES string of the molecule is COc1ccc2c(c1)OC(C)(C)C[C@@H]2NC(=O)c1ccccc1OC(C)C. The number of carbonyl (C=O) groups is 1. The van der Waals surface area contributed by atoms with Gasteiger partial charge in [-0.15, -0.1) is 0 Å². The first-order valence-electron chi connectivity index (χ1n) is 9.22. The molecule has 0 spiro atoms. The molecule has 1 aliphatic heterocycles. The number of para-hydroxylation sites is 1. The second kappa shape index (κ2) is 7.51. The summed E-state index contributed by atoms with van der Waals surface area (Å²) in [6.07, 6.45) is 0.666. The van der Waals surface area contributed by atoms with Crippen LogP contribution in [0.15, 0.2) is 42.5 Å². The molecule has 27 heavy (non-hydrogen) atoms. The van der Waals surface area contributed by atoms with Crippen LogP contribution >= 0.6 is 0 Å². The standard InChI is InChI=1S/C22H27NO4/c1-14(2)26-19-9-7-6-8-17(19)21(24)23-18-13-22(3,4)27-20-12-15(25-5)10-11-16(18)20/h6-12,14,18H,13H2,1-5H3,(H,23,24)/t18-/m0/s1. The van der Waals surface area contributed by atoms with Gasteiger partial charge < -0.3 is 19.5 Å². The zero-order chi connectivity index (χ0) is 19.6. The molecule has 1 amide bonds. The second-order valence-corrected chi connectivity index (χ2v) is 7.66. The van der Waals surface area contributed by atoms with Gasteiger partial charge in [0, 0.05) is 18.1 Å². The molecule has 0 bridgehead atoms. The lowest BCUT2D eigenvalue weighted by Crippen LogP contribution is -2.41. The van der Waals surface area contributed by atoms with Crippen LogP contribution in [-0.4, -0.2) is 24.7 Å². The second-order valence-electron chi connectivity index (χ2n) is 7.66. The maximum Gasteiger partial charge on any atom is 0.255 e. The van der Waals surface area contributed by atoms with Crippen molar-refractivity contribution >= 4 is 5.91 Å². The average Bonchev–Trinajstić information content (AvgIpc) is 2.60. The average molecular weight is 369 g/mol. The van der Waals surface area contributed by atoms with Crippen molar-refractivity contribution in [3.8, 4) is 17.2 Å². The van der Waals surface area contributed by atoms with Crippen molar-refractivity contribution in [1.29, 1.82) is 0 Å². The van der Waals surface area contributed by atoms with E-state index in [0.29, 0.717) is 17.7 Å². The number of carbonyl (C=O) groups excluding carboxylic acids is 1. The summed E-state index contributed by atoms with van der Waals surface area (Å²) in [5.74, 6) is 1.90. The van der Waals surface area contributed by atoms with Crippen molar-refractivity contribution in [2.24, 2.45) is 0 Å². The first-order valence-corrected chi connectivity index (χ1v) is 9.22. The molecule has 2 aromatic rings. The van der Waals surface area contributed by atoms with Crippen molar-refractivity contribution < 1.29 is 19.0 Å². The van der Waals surface area contributed by atoms with Crippen molar-refractivity contribution in [3.05, 3.63) is 53.6 Å². The molecule has 0 saturated carbocycles. The van der Waals surface area contributed by atoms with Crippen LogP contribution in [0.2, 0.25) is 0 Å². The minimum Gasteiger partial charge on any atom is -0.497 e. The highest BCUT2D eigenvalue weighted by molar-refractivity contribution is 5.97. The minimum absolute atomic E-state index is 0.00541. The zero-order valence-electron chi connectivity index (χ0n) is 16.5. The molecule has 1 heterocycles. The highest BCUT2D eigenvalue weighted by Gasteiger charge is 2.35. The van der Waals surface area contributed by atoms with Gasteiger partial charge in [0.2, 0.25) is 0 Å². The normalized spacial score (nSPS) is 17.6. The molecule has 2 aromatic carbocycles. The quantitative estimate of drug-likeness (QED) is 0.842. The molecule has 1 N–H and O–H groups in total. The van der Waals surface area contributed by atoms with Gasteiger partial charge in [-0.25, -0.2) is 0 Å². The van der Waals surface area contributed by atoms with E-state index in [0.717, 1.165) is 17.1 Å².